The Morgan fingerprint density at radius 1 is 0.737 bits per heavy atom. The zero-order valence-corrected chi connectivity index (χ0v) is 12.5. The standard InChI is InChI=1S/C17H15ClSi/c18-19(13-14-7-2-1-3-8-14)17-12-6-10-15-9-4-5-11-16(15)17/h1-12,19H,13H2. The Hall–Kier alpha value is -1.57. The number of rotatable bonds is 3. The van der Waals surface area contributed by atoms with E-state index >= 15 is 0 Å². The summed E-state index contributed by atoms with van der Waals surface area (Å²) in [6, 6.07) is 26.5. The highest BCUT2D eigenvalue weighted by atomic mass is 35.6. The Morgan fingerprint density at radius 2 is 1.42 bits per heavy atom. The van der Waals surface area contributed by atoms with Crippen LogP contribution in [-0.2, 0) is 6.04 Å². The zero-order chi connectivity index (χ0) is 13.1. The van der Waals surface area contributed by atoms with E-state index in [2.05, 4.69) is 66.7 Å². The fourth-order valence-corrected chi connectivity index (χ4v) is 5.39. The van der Waals surface area contributed by atoms with Gasteiger partial charge in [0.15, 0.2) is 8.11 Å². The molecule has 0 radical (unpaired) electrons. The van der Waals surface area contributed by atoms with Gasteiger partial charge in [0.25, 0.3) is 0 Å². The van der Waals surface area contributed by atoms with Gasteiger partial charge in [0.1, 0.15) is 0 Å². The first kappa shape index (κ1) is 12.5. The van der Waals surface area contributed by atoms with Crippen LogP contribution >= 0.6 is 11.1 Å². The van der Waals surface area contributed by atoms with Gasteiger partial charge < -0.3 is 0 Å². The van der Waals surface area contributed by atoms with E-state index in [0.717, 1.165) is 6.04 Å². The van der Waals surface area contributed by atoms with Gasteiger partial charge in [-0.15, -0.1) is 0 Å². The Morgan fingerprint density at radius 3 is 2.26 bits per heavy atom. The molecular weight excluding hydrogens is 268 g/mol. The summed E-state index contributed by atoms with van der Waals surface area (Å²) in [5.74, 6) is 0. The molecule has 0 aliphatic carbocycles. The van der Waals surface area contributed by atoms with Gasteiger partial charge in [0, 0.05) is 0 Å². The zero-order valence-electron chi connectivity index (χ0n) is 10.6. The second kappa shape index (κ2) is 5.60. The minimum atomic E-state index is -1.47. The lowest BCUT2D eigenvalue weighted by atomic mass is 10.1. The Balaban J connectivity index is 1.96. The molecule has 94 valence electrons. The quantitative estimate of drug-likeness (QED) is 0.506. The van der Waals surface area contributed by atoms with Crippen LogP contribution in [0, 0.1) is 0 Å². The van der Waals surface area contributed by atoms with Crippen molar-refractivity contribution in [2.45, 2.75) is 6.04 Å². The van der Waals surface area contributed by atoms with Crippen molar-refractivity contribution in [3.05, 3.63) is 78.4 Å². The highest BCUT2D eigenvalue weighted by Crippen LogP contribution is 2.14. The molecule has 0 amide bonds. The molecule has 3 aromatic rings. The van der Waals surface area contributed by atoms with E-state index < -0.39 is 8.11 Å². The molecule has 19 heavy (non-hydrogen) atoms. The second-order valence-corrected chi connectivity index (χ2v) is 8.27. The van der Waals surface area contributed by atoms with Crippen molar-refractivity contribution < 1.29 is 0 Å². The van der Waals surface area contributed by atoms with Crippen molar-refractivity contribution >= 4 is 35.1 Å². The summed E-state index contributed by atoms with van der Waals surface area (Å²) in [7, 11) is -1.47. The SMILES string of the molecule is Cl[SiH](Cc1ccccc1)c1cccc2ccccc12. The van der Waals surface area contributed by atoms with E-state index in [-0.39, 0.29) is 0 Å². The fourth-order valence-electron chi connectivity index (χ4n) is 2.45. The van der Waals surface area contributed by atoms with Gasteiger partial charge in [0.05, 0.1) is 0 Å². The third-order valence-corrected chi connectivity index (χ3v) is 6.59. The Bertz CT molecular complexity index is 674. The van der Waals surface area contributed by atoms with Crippen LogP contribution in [0.1, 0.15) is 5.56 Å². The van der Waals surface area contributed by atoms with Crippen molar-refractivity contribution in [1.82, 2.24) is 0 Å². The number of halogens is 1. The molecule has 0 spiro atoms. The van der Waals surface area contributed by atoms with Gasteiger partial charge in [-0.3, -0.25) is 0 Å². The van der Waals surface area contributed by atoms with Crippen LogP contribution in [0.3, 0.4) is 0 Å². The summed E-state index contributed by atoms with van der Waals surface area (Å²) >= 11 is 6.76. The van der Waals surface area contributed by atoms with Gasteiger partial charge in [0.2, 0.25) is 0 Å². The van der Waals surface area contributed by atoms with Gasteiger partial charge in [-0.1, -0.05) is 72.8 Å². The van der Waals surface area contributed by atoms with Crippen molar-refractivity contribution in [1.29, 1.82) is 0 Å². The van der Waals surface area contributed by atoms with Crippen molar-refractivity contribution in [3.8, 4) is 0 Å². The van der Waals surface area contributed by atoms with Crippen LogP contribution < -0.4 is 5.19 Å². The molecule has 1 unspecified atom stereocenters. The number of hydrogen-bond acceptors (Lipinski definition) is 0. The molecule has 1 atom stereocenters. The molecule has 3 rings (SSSR count). The Kier molecular flexibility index (Phi) is 3.67. The second-order valence-electron chi connectivity index (χ2n) is 4.73. The molecule has 0 bridgehead atoms. The molecule has 0 aliphatic heterocycles. The number of benzene rings is 3. The lowest BCUT2D eigenvalue weighted by Gasteiger charge is -2.11. The average Bonchev–Trinajstić information content (AvgIpc) is 2.47. The van der Waals surface area contributed by atoms with E-state index in [0.29, 0.717) is 0 Å². The highest BCUT2D eigenvalue weighted by molar-refractivity contribution is 7.14. The first-order valence-electron chi connectivity index (χ1n) is 6.50. The number of fused-ring (bicyclic) bond motifs is 1. The predicted molar refractivity (Wildman–Crippen MR) is 86.7 cm³/mol. The van der Waals surface area contributed by atoms with Crippen molar-refractivity contribution in [3.63, 3.8) is 0 Å². The van der Waals surface area contributed by atoms with Gasteiger partial charge in [-0.05, 0) is 27.6 Å². The molecule has 3 aromatic carbocycles. The molecule has 0 aromatic heterocycles. The first-order chi connectivity index (χ1) is 9.34. The summed E-state index contributed by atoms with van der Waals surface area (Å²) in [4.78, 5) is 0. The van der Waals surface area contributed by atoms with Crippen LogP contribution in [0.4, 0.5) is 0 Å². The maximum atomic E-state index is 6.76. The van der Waals surface area contributed by atoms with Crippen LogP contribution in [-0.4, -0.2) is 8.11 Å². The summed E-state index contributed by atoms with van der Waals surface area (Å²) < 4.78 is 0. The Labute approximate surface area is 120 Å². The minimum Gasteiger partial charge on any atom is -0.165 e. The molecular formula is C17H15ClSi. The molecule has 0 nitrogen and oxygen atoms in total. The molecule has 2 heteroatoms. The van der Waals surface area contributed by atoms with E-state index in [1.54, 1.807) is 0 Å². The van der Waals surface area contributed by atoms with Crippen molar-refractivity contribution in [2.75, 3.05) is 0 Å². The number of hydrogen-bond donors (Lipinski definition) is 0. The molecule has 0 heterocycles. The lowest BCUT2D eigenvalue weighted by Crippen LogP contribution is -2.27. The summed E-state index contributed by atoms with van der Waals surface area (Å²) in [6.45, 7) is 0. The van der Waals surface area contributed by atoms with E-state index in [9.17, 15) is 0 Å². The van der Waals surface area contributed by atoms with E-state index in [1.165, 1.54) is 21.5 Å². The molecule has 0 saturated heterocycles. The van der Waals surface area contributed by atoms with Crippen LogP contribution in [0.25, 0.3) is 10.8 Å². The molecule has 0 N–H and O–H groups in total. The smallest absolute Gasteiger partial charge is 0.165 e. The van der Waals surface area contributed by atoms with Gasteiger partial charge in [-0.25, -0.2) is 0 Å². The predicted octanol–water partition coefficient (Wildman–Crippen LogP) is 3.79. The maximum Gasteiger partial charge on any atom is 0.176 e. The van der Waals surface area contributed by atoms with E-state index in [1.807, 2.05) is 6.07 Å². The largest absolute Gasteiger partial charge is 0.176 e. The topological polar surface area (TPSA) is 0 Å². The van der Waals surface area contributed by atoms with Gasteiger partial charge in [-0.2, -0.15) is 11.1 Å². The van der Waals surface area contributed by atoms with Crippen LogP contribution in [0.5, 0.6) is 0 Å². The molecule has 0 saturated carbocycles. The molecule has 0 aliphatic rings. The summed E-state index contributed by atoms with van der Waals surface area (Å²) in [5, 5.41) is 3.95. The van der Waals surface area contributed by atoms with Crippen LogP contribution in [0.15, 0.2) is 72.8 Å². The van der Waals surface area contributed by atoms with Crippen molar-refractivity contribution in [2.24, 2.45) is 0 Å². The monoisotopic (exact) mass is 282 g/mol. The maximum absolute atomic E-state index is 6.76. The summed E-state index contributed by atoms with van der Waals surface area (Å²) in [5.41, 5.74) is 1.34. The van der Waals surface area contributed by atoms with Gasteiger partial charge >= 0.3 is 0 Å². The average molecular weight is 283 g/mol. The van der Waals surface area contributed by atoms with Crippen LogP contribution in [0.2, 0.25) is 0 Å². The molecule has 0 fully saturated rings. The lowest BCUT2D eigenvalue weighted by molar-refractivity contribution is 1.38. The van der Waals surface area contributed by atoms with E-state index in [4.69, 9.17) is 11.1 Å². The third kappa shape index (κ3) is 2.72. The fraction of sp³-hybridized carbons (Fsp3) is 0.0588. The minimum absolute atomic E-state index is 0.996. The third-order valence-electron chi connectivity index (χ3n) is 3.42. The first-order valence-corrected chi connectivity index (χ1v) is 9.64. The normalized spacial score (nSPS) is 12.5. The highest BCUT2D eigenvalue weighted by Gasteiger charge is 2.13. The summed E-state index contributed by atoms with van der Waals surface area (Å²) in [6.07, 6.45) is 0.